The summed E-state index contributed by atoms with van der Waals surface area (Å²) in [7, 11) is 3.09. The van der Waals surface area contributed by atoms with Gasteiger partial charge in [-0.25, -0.2) is 0 Å². The molecule has 12 heteroatoms. The predicted octanol–water partition coefficient (Wildman–Crippen LogP) is 6.75. The van der Waals surface area contributed by atoms with Crippen molar-refractivity contribution in [1.29, 1.82) is 0 Å². The third-order valence-electron chi connectivity index (χ3n) is 10.9. The molecule has 0 saturated carbocycles. The van der Waals surface area contributed by atoms with E-state index in [9.17, 15) is 9.59 Å². The third kappa shape index (κ3) is 7.05. The number of carbonyl (C=O) groups is 2. The van der Waals surface area contributed by atoms with E-state index in [1.165, 1.54) is 23.8 Å². The summed E-state index contributed by atoms with van der Waals surface area (Å²) < 4.78 is 23.8. The van der Waals surface area contributed by atoms with E-state index >= 15 is 0 Å². The molecule has 0 saturated heterocycles. The number of ether oxygens (including phenoxy) is 4. The lowest BCUT2D eigenvalue weighted by Crippen LogP contribution is -2.45. The minimum absolute atomic E-state index is 0.0270. The van der Waals surface area contributed by atoms with Gasteiger partial charge in [-0.3, -0.25) is 19.6 Å². The SMILES string of the molecule is C=Nc1cc(OCc2cccc(COc3cc4c(cc3OC)C(=O)N3Cc5ccccc5C[C@H]3CN4)n2)c(OC)cc1C(=O)N1Cc2cc(N)ccc2C[C@H]1C. The number of rotatable bonds is 10. The Morgan fingerprint density at radius 3 is 2.27 bits per heavy atom. The Bertz CT molecular complexity index is 2350. The molecule has 5 aromatic rings. The average molecular weight is 753 g/mol. The van der Waals surface area contributed by atoms with E-state index in [1.54, 1.807) is 25.3 Å². The summed E-state index contributed by atoms with van der Waals surface area (Å²) in [4.78, 5) is 40.5. The van der Waals surface area contributed by atoms with Gasteiger partial charge in [0.25, 0.3) is 11.8 Å². The Kier molecular flexibility index (Phi) is 9.94. The molecule has 4 aromatic carbocycles. The second kappa shape index (κ2) is 15.3. The van der Waals surface area contributed by atoms with Gasteiger partial charge in [-0.1, -0.05) is 36.4 Å². The molecule has 0 spiro atoms. The minimum Gasteiger partial charge on any atom is -0.493 e. The summed E-state index contributed by atoms with van der Waals surface area (Å²) in [6, 6.07) is 26.7. The van der Waals surface area contributed by atoms with Crippen molar-refractivity contribution in [3.05, 3.63) is 130 Å². The number of nitrogen functional groups attached to an aromatic ring is 1. The van der Waals surface area contributed by atoms with E-state index in [0.717, 1.165) is 18.4 Å². The highest BCUT2D eigenvalue weighted by molar-refractivity contribution is 6.02. The number of nitrogens with one attached hydrogen (secondary N) is 1. The molecular weight excluding hydrogens is 709 g/mol. The molecule has 0 radical (unpaired) electrons. The molecule has 8 rings (SSSR count). The first kappa shape index (κ1) is 36.4. The Labute approximate surface area is 325 Å². The van der Waals surface area contributed by atoms with E-state index in [4.69, 9.17) is 29.7 Å². The molecule has 0 unspecified atom stereocenters. The number of nitrogens with zero attached hydrogens (tertiary/aromatic N) is 4. The average Bonchev–Trinajstić information content (AvgIpc) is 3.35. The summed E-state index contributed by atoms with van der Waals surface area (Å²) in [6.07, 6.45) is 1.52. The molecule has 2 atom stereocenters. The fourth-order valence-electron chi connectivity index (χ4n) is 7.85. The number of methoxy groups -OCH3 is 2. The van der Waals surface area contributed by atoms with Gasteiger partial charge < -0.3 is 39.8 Å². The molecule has 1 aromatic heterocycles. The Morgan fingerprint density at radius 1 is 0.839 bits per heavy atom. The number of amides is 2. The lowest BCUT2D eigenvalue weighted by atomic mass is 9.93. The van der Waals surface area contributed by atoms with Crippen LogP contribution in [0.3, 0.4) is 0 Å². The molecule has 2 amide bonds. The number of anilines is 2. The third-order valence-corrected chi connectivity index (χ3v) is 10.9. The van der Waals surface area contributed by atoms with Crippen molar-refractivity contribution >= 4 is 35.6 Å². The van der Waals surface area contributed by atoms with Gasteiger partial charge in [0.2, 0.25) is 0 Å². The number of carbonyl (C=O) groups excluding carboxylic acids is 2. The van der Waals surface area contributed by atoms with Crippen LogP contribution in [-0.2, 0) is 39.1 Å². The van der Waals surface area contributed by atoms with Crippen molar-refractivity contribution in [2.45, 2.75) is 58.2 Å². The lowest BCUT2D eigenvalue weighted by Gasteiger charge is -2.35. The van der Waals surface area contributed by atoms with Crippen LogP contribution < -0.4 is 30.0 Å². The van der Waals surface area contributed by atoms with Crippen molar-refractivity contribution < 1.29 is 28.5 Å². The van der Waals surface area contributed by atoms with E-state index in [2.05, 4.69) is 29.2 Å². The first-order valence-corrected chi connectivity index (χ1v) is 18.6. The van der Waals surface area contributed by atoms with Gasteiger partial charge in [0.15, 0.2) is 23.0 Å². The van der Waals surface area contributed by atoms with Crippen LogP contribution in [-0.4, -0.2) is 66.2 Å². The van der Waals surface area contributed by atoms with Crippen LogP contribution in [0.1, 0.15) is 61.3 Å². The maximum absolute atomic E-state index is 13.9. The Balaban J connectivity index is 0.948. The van der Waals surface area contributed by atoms with E-state index in [0.29, 0.717) is 82.2 Å². The van der Waals surface area contributed by atoms with Crippen molar-refractivity contribution in [3.63, 3.8) is 0 Å². The standard InChI is InChI=1S/C44H44N6O6/c1-26-14-28-12-13-31(45)15-30(28)23-49(26)43(51)35-17-39(53-3)41(19-37(35)46-2)55-24-32-10-7-11-33(48-32)25-56-42-20-38-36(18-40(42)54-4)44(52)50-22-29-9-6-5-8-27(29)16-34(50)21-47-38/h5-13,15,17-20,26,34,47H,2,14,16,21-25,45H2,1,3-4H3/t26-,34+/m1/s1. The van der Waals surface area contributed by atoms with Crippen LogP contribution >= 0.6 is 0 Å². The van der Waals surface area contributed by atoms with Crippen LogP contribution in [0.25, 0.3) is 0 Å². The van der Waals surface area contributed by atoms with Gasteiger partial charge in [-0.05, 0) is 85.1 Å². The van der Waals surface area contributed by atoms with Crippen molar-refractivity contribution in [3.8, 4) is 23.0 Å². The smallest absolute Gasteiger partial charge is 0.256 e. The van der Waals surface area contributed by atoms with Crippen LogP contribution in [0.2, 0.25) is 0 Å². The van der Waals surface area contributed by atoms with Crippen LogP contribution in [0, 0.1) is 0 Å². The zero-order valence-electron chi connectivity index (χ0n) is 31.7. The fourth-order valence-corrected chi connectivity index (χ4v) is 7.85. The molecular formula is C44H44N6O6. The number of aliphatic imine (C=N–C) groups is 1. The summed E-state index contributed by atoms with van der Waals surface area (Å²) in [5.41, 5.74) is 14.7. The van der Waals surface area contributed by atoms with E-state index in [1.807, 2.05) is 71.3 Å². The molecule has 3 aliphatic heterocycles. The highest BCUT2D eigenvalue weighted by atomic mass is 16.5. The van der Waals surface area contributed by atoms with Gasteiger partial charge in [0.1, 0.15) is 13.2 Å². The largest absolute Gasteiger partial charge is 0.493 e. The second-order valence-electron chi connectivity index (χ2n) is 14.4. The summed E-state index contributed by atoms with van der Waals surface area (Å²) in [5.74, 6) is 1.52. The quantitative estimate of drug-likeness (QED) is 0.117. The topological polar surface area (TPSA) is 141 Å². The molecule has 0 aliphatic carbocycles. The number of fused-ring (bicyclic) bond motifs is 4. The maximum atomic E-state index is 13.9. The Morgan fingerprint density at radius 2 is 1.54 bits per heavy atom. The molecule has 286 valence electrons. The molecule has 4 heterocycles. The summed E-state index contributed by atoms with van der Waals surface area (Å²) in [5, 5.41) is 3.49. The number of hydrogen-bond donors (Lipinski definition) is 2. The normalized spacial score (nSPS) is 16.9. The highest BCUT2D eigenvalue weighted by Gasteiger charge is 2.35. The van der Waals surface area contributed by atoms with Gasteiger partial charge in [-0.15, -0.1) is 0 Å². The zero-order chi connectivity index (χ0) is 38.9. The summed E-state index contributed by atoms with van der Waals surface area (Å²) in [6.45, 7) is 7.67. The first-order valence-electron chi connectivity index (χ1n) is 18.6. The number of pyridine rings is 1. The van der Waals surface area contributed by atoms with Gasteiger partial charge in [-0.2, -0.15) is 0 Å². The van der Waals surface area contributed by atoms with Crippen molar-refractivity contribution in [2.75, 3.05) is 31.8 Å². The maximum Gasteiger partial charge on any atom is 0.256 e. The first-order chi connectivity index (χ1) is 27.2. The zero-order valence-corrected chi connectivity index (χ0v) is 31.7. The minimum atomic E-state index is -0.178. The molecule has 0 bridgehead atoms. The van der Waals surface area contributed by atoms with Crippen LogP contribution in [0.15, 0.2) is 89.9 Å². The Hall–Kier alpha value is -6.56. The number of nitrogens with two attached hydrogens (primary N) is 1. The molecule has 3 N–H and O–H groups in total. The van der Waals surface area contributed by atoms with Crippen molar-refractivity contribution in [1.82, 2.24) is 14.8 Å². The van der Waals surface area contributed by atoms with Crippen LogP contribution in [0.4, 0.5) is 17.1 Å². The number of hydrogen-bond acceptors (Lipinski definition) is 10. The predicted molar refractivity (Wildman–Crippen MR) is 214 cm³/mol. The van der Waals surface area contributed by atoms with Gasteiger partial charge >= 0.3 is 0 Å². The van der Waals surface area contributed by atoms with Gasteiger partial charge in [0, 0.05) is 43.5 Å². The molecule has 0 fully saturated rings. The number of benzene rings is 4. The molecule has 56 heavy (non-hydrogen) atoms. The van der Waals surface area contributed by atoms with Crippen molar-refractivity contribution in [2.24, 2.45) is 4.99 Å². The van der Waals surface area contributed by atoms with Gasteiger partial charge in [0.05, 0.1) is 54.2 Å². The lowest BCUT2D eigenvalue weighted by molar-refractivity contribution is 0.0652. The van der Waals surface area contributed by atoms with Crippen LogP contribution in [0.5, 0.6) is 23.0 Å². The fraction of sp³-hybridized carbons (Fsp3) is 0.273. The molecule has 3 aliphatic rings. The highest BCUT2D eigenvalue weighted by Crippen LogP contribution is 2.39. The second-order valence-corrected chi connectivity index (χ2v) is 14.4. The van der Waals surface area contributed by atoms with E-state index in [-0.39, 0.29) is 37.1 Å². The molecule has 12 nitrogen and oxygen atoms in total. The number of aromatic nitrogens is 1. The van der Waals surface area contributed by atoms with E-state index < -0.39 is 0 Å². The summed E-state index contributed by atoms with van der Waals surface area (Å²) >= 11 is 0. The monoisotopic (exact) mass is 752 g/mol.